The Balaban J connectivity index is 1.07. The zero-order valence-electron chi connectivity index (χ0n) is 46.5. The highest BCUT2D eigenvalue weighted by Crippen LogP contribution is 2.47. The van der Waals surface area contributed by atoms with E-state index in [0.29, 0.717) is 0 Å². The van der Waals surface area contributed by atoms with Crippen LogP contribution in [0.3, 0.4) is 0 Å². The summed E-state index contributed by atoms with van der Waals surface area (Å²) in [7, 11) is 0. The van der Waals surface area contributed by atoms with Gasteiger partial charge in [-0.2, -0.15) is 0 Å². The van der Waals surface area contributed by atoms with Crippen molar-refractivity contribution in [2.45, 2.75) is 123 Å². The van der Waals surface area contributed by atoms with Gasteiger partial charge in [-0.1, -0.05) is 12.1 Å². The predicted octanol–water partition coefficient (Wildman–Crippen LogP) is -3.70. The van der Waals surface area contributed by atoms with E-state index in [2.05, 4.69) is 0 Å². The summed E-state index contributed by atoms with van der Waals surface area (Å²) in [5.74, 6) is -11.8. The van der Waals surface area contributed by atoms with Crippen LogP contribution in [-0.4, -0.2) is 263 Å². The number of hydrogen-bond acceptors (Lipinski definition) is 32. The maximum Gasteiger partial charge on any atom is 0.402 e. The highest BCUT2D eigenvalue weighted by atomic mass is 16.8. The summed E-state index contributed by atoms with van der Waals surface area (Å²) in [5.41, 5.74) is -0.506. The van der Waals surface area contributed by atoms with E-state index in [1.165, 1.54) is 18.2 Å². The molecular formula is C57H61O34+. The first-order valence-corrected chi connectivity index (χ1v) is 27.2. The molecule has 20 N–H and O–H groups in total. The number of benzene rings is 4. The normalized spacial score (nSPS) is 31.9. The molecule has 1 aromatic heterocycles. The molecule has 0 radical (unpaired) electrons. The molecule has 91 heavy (non-hydrogen) atoms. The van der Waals surface area contributed by atoms with E-state index in [-0.39, 0.29) is 16.5 Å². The van der Waals surface area contributed by atoms with Gasteiger partial charge in [-0.15, -0.1) is 0 Å². The smallest absolute Gasteiger partial charge is 0.402 e. The van der Waals surface area contributed by atoms with Gasteiger partial charge < -0.3 is 149 Å². The van der Waals surface area contributed by atoms with E-state index < -0.39 is 235 Å². The quantitative estimate of drug-likeness (QED) is 0.0164. The highest BCUT2D eigenvalue weighted by Gasteiger charge is 2.54. The lowest BCUT2D eigenvalue weighted by Gasteiger charge is -2.46. The maximum absolute atomic E-state index is 13.3. The first-order valence-electron chi connectivity index (χ1n) is 27.2. The second-order valence-electron chi connectivity index (χ2n) is 20.9. The van der Waals surface area contributed by atoms with Crippen LogP contribution in [0.1, 0.15) is 11.1 Å². The topological polar surface area (TPSA) is 559 Å². The highest BCUT2D eigenvalue weighted by molar-refractivity contribution is 5.90. The van der Waals surface area contributed by atoms with E-state index in [9.17, 15) is 117 Å². The van der Waals surface area contributed by atoms with Crippen LogP contribution >= 0.6 is 0 Å². The molecule has 4 saturated heterocycles. The molecule has 8 unspecified atom stereocenters. The number of hydrogen-bond donors (Lipinski definition) is 20. The zero-order valence-corrected chi connectivity index (χ0v) is 46.5. The second-order valence-corrected chi connectivity index (χ2v) is 20.9. The molecule has 4 aromatic carbocycles. The molecule has 34 nitrogen and oxygen atoms in total. The van der Waals surface area contributed by atoms with E-state index in [0.717, 1.165) is 72.8 Å². The van der Waals surface area contributed by atoms with Crippen molar-refractivity contribution in [3.8, 4) is 68.8 Å². The van der Waals surface area contributed by atoms with Crippen molar-refractivity contribution in [3.05, 3.63) is 90.0 Å². The molecule has 9 rings (SSSR count). The molecule has 0 saturated carbocycles. The molecule has 20 atom stereocenters. The van der Waals surface area contributed by atoms with Crippen molar-refractivity contribution < 1.29 is 168 Å². The second kappa shape index (κ2) is 27.9. The Hall–Kier alpha value is -8.50. The lowest BCUT2D eigenvalue weighted by atomic mass is 9.97. The molecule has 4 fully saturated rings. The van der Waals surface area contributed by atoms with Crippen LogP contribution in [0.25, 0.3) is 34.4 Å². The summed E-state index contributed by atoms with van der Waals surface area (Å²) in [5, 5.41) is 212. The van der Waals surface area contributed by atoms with Gasteiger partial charge in [0.15, 0.2) is 59.1 Å². The first kappa shape index (κ1) is 66.9. The minimum absolute atomic E-state index is 0.154. The van der Waals surface area contributed by atoms with Crippen molar-refractivity contribution >= 4 is 41.0 Å². The van der Waals surface area contributed by atoms with Gasteiger partial charge in [-0.05, 0) is 47.5 Å². The number of esters is 2. The van der Waals surface area contributed by atoms with E-state index >= 15 is 0 Å². The number of phenolic OH excluding ortho intramolecular Hbond substituents is 7. The standard InChI is InChI=1S/C57H60O34/c58-16-33-40(70)45(75)52(91-57-51(44(74)39(69)34(17-59)87-57)89-37(67)8-4-20-2-6-25(61)28(64)10-20)56(86-33)85-32-15-23-26(62)13-22(82-54-47(77)42(72)41(71)35(88-54)18-81-36(66)7-3-19-1-5-24(60)27(63)9-19)14-30(23)83-49(32)21-11-29(65)38(68)31(12-21)84-55-48(78)43(73)46(76)50(90-55)53(79)80/h1-15,33-35,39-48,50-52,54-59,69-78H,16-18H2,(H7-,60,61,62,63,64,65,66,67,68,79,80)/p+1/t33?,34?,35?,39-,40+,41-,42+,43+,44+,45+,46+,47?,48?,50?,51?,52?,54-,55-,56-,57+/m1/s1. The van der Waals surface area contributed by atoms with Gasteiger partial charge >= 0.3 is 29.3 Å². The van der Waals surface area contributed by atoms with Crippen LogP contribution < -0.4 is 14.2 Å². The number of aliphatic carboxylic acids is 1. The van der Waals surface area contributed by atoms with Crippen LogP contribution in [-0.2, 0) is 47.5 Å². The number of phenols is 7. The van der Waals surface area contributed by atoms with Gasteiger partial charge in [0.05, 0.1) is 24.8 Å². The fourth-order valence-corrected chi connectivity index (χ4v) is 9.77. The maximum atomic E-state index is 13.3. The van der Waals surface area contributed by atoms with Crippen LogP contribution in [0.5, 0.6) is 57.5 Å². The van der Waals surface area contributed by atoms with Crippen LogP contribution in [0.2, 0.25) is 0 Å². The molecule has 492 valence electrons. The molecule has 4 aliphatic rings. The molecule has 4 aliphatic heterocycles. The lowest BCUT2D eigenvalue weighted by Crippen LogP contribution is -2.65. The van der Waals surface area contributed by atoms with E-state index in [4.69, 9.17) is 51.8 Å². The summed E-state index contributed by atoms with van der Waals surface area (Å²) in [6.45, 7) is -2.85. The van der Waals surface area contributed by atoms with Crippen LogP contribution in [0, 0.1) is 0 Å². The number of ether oxygens (including phenoxy) is 10. The summed E-state index contributed by atoms with van der Waals surface area (Å²) in [6, 6.07) is 11.6. The van der Waals surface area contributed by atoms with Crippen LogP contribution in [0.4, 0.5) is 0 Å². The molecule has 5 heterocycles. The average Bonchev–Trinajstić information content (AvgIpc) is 1.47. The number of aliphatic hydroxyl groups excluding tert-OH is 12. The van der Waals surface area contributed by atoms with Gasteiger partial charge in [0.1, 0.15) is 103 Å². The van der Waals surface area contributed by atoms with Gasteiger partial charge in [0, 0.05) is 36.4 Å². The molecule has 0 aliphatic carbocycles. The minimum Gasteiger partial charge on any atom is -0.507 e. The third-order valence-corrected chi connectivity index (χ3v) is 14.7. The first-order chi connectivity index (χ1) is 43.2. The summed E-state index contributed by atoms with van der Waals surface area (Å²) < 4.78 is 63.1. The van der Waals surface area contributed by atoms with Gasteiger partial charge in [0.2, 0.25) is 30.4 Å². The number of fused-ring (bicyclic) bond motifs is 1. The van der Waals surface area contributed by atoms with Crippen molar-refractivity contribution in [2.75, 3.05) is 19.8 Å². The van der Waals surface area contributed by atoms with Gasteiger partial charge in [0.25, 0.3) is 0 Å². The Bertz CT molecular complexity index is 3510. The Kier molecular flexibility index (Phi) is 20.5. The minimum atomic E-state index is -2.25. The van der Waals surface area contributed by atoms with Gasteiger partial charge in [-0.3, -0.25) is 0 Å². The third-order valence-electron chi connectivity index (χ3n) is 14.7. The number of carbonyl (C=O) groups is 3. The van der Waals surface area contributed by atoms with Crippen molar-refractivity contribution in [1.82, 2.24) is 0 Å². The zero-order chi connectivity index (χ0) is 66.0. The van der Waals surface area contributed by atoms with Crippen molar-refractivity contribution in [1.29, 1.82) is 0 Å². The van der Waals surface area contributed by atoms with Crippen LogP contribution in [0.15, 0.2) is 83.3 Å². The number of rotatable bonds is 19. The van der Waals surface area contributed by atoms with E-state index in [1.54, 1.807) is 0 Å². The lowest BCUT2D eigenvalue weighted by molar-refractivity contribution is -0.358. The third kappa shape index (κ3) is 14.5. The summed E-state index contributed by atoms with van der Waals surface area (Å²) >= 11 is 0. The fraction of sp³-hybridized carbons (Fsp3) is 0.404. The Morgan fingerprint density at radius 3 is 1.62 bits per heavy atom. The molecule has 5 aromatic rings. The monoisotopic (exact) mass is 1290 g/mol. The summed E-state index contributed by atoms with van der Waals surface area (Å²) in [6.07, 6.45) is -37.3. The Morgan fingerprint density at radius 2 is 1.02 bits per heavy atom. The number of aromatic hydroxyl groups is 7. The van der Waals surface area contributed by atoms with E-state index in [1.807, 2.05) is 0 Å². The Morgan fingerprint density at radius 1 is 0.484 bits per heavy atom. The average molecular weight is 1290 g/mol. The molecule has 0 bridgehead atoms. The molecule has 34 heteroatoms. The molecule has 0 amide bonds. The number of aliphatic hydroxyl groups is 12. The molecule has 0 spiro atoms. The number of carboxylic acids is 1. The van der Waals surface area contributed by atoms with Crippen molar-refractivity contribution in [2.24, 2.45) is 0 Å². The largest absolute Gasteiger partial charge is 0.507 e. The number of carboxylic acid groups (broad SMARTS) is 1. The fourth-order valence-electron chi connectivity index (χ4n) is 9.77. The summed E-state index contributed by atoms with van der Waals surface area (Å²) in [4.78, 5) is 37.9. The Labute approximate surface area is 509 Å². The SMILES string of the molecule is O=C(/C=C/c1ccc(O)c(O)c1)OCC1O[C@@H](Oc2cc(O)c3cc(O[C@@H]4OC(CO)[C@H](O)[C@H](O)C4O[C@@H]4OC(CO)[C@@H](O)[C@H](O)C4OC(=O)/C=C/c4ccc(O)c(O)c4)c(-c4cc(O)c(O)c(O[C@@H]5OC(C(=O)O)[C@@H](O)[C@H](O)C5O)c4)[o+]c3c2)C(O)[C@@H](O)[C@@H]1O. The predicted molar refractivity (Wildman–Crippen MR) is 293 cm³/mol. The van der Waals surface area contributed by atoms with Gasteiger partial charge in [-0.25, -0.2) is 18.8 Å². The molecular weight excluding hydrogens is 1230 g/mol. The number of carbonyl (C=O) groups excluding carboxylic acids is 2. The van der Waals surface area contributed by atoms with Crippen molar-refractivity contribution in [3.63, 3.8) is 0 Å².